The van der Waals surface area contributed by atoms with E-state index in [1.165, 1.54) is 25.7 Å². The number of rotatable bonds is 12. The summed E-state index contributed by atoms with van der Waals surface area (Å²) in [6, 6.07) is 8.33. The number of unbranched alkanes of at least 4 members (excludes halogenated alkanes) is 3. The van der Waals surface area contributed by atoms with Gasteiger partial charge in [0.2, 0.25) is 0 Å². The van der Waals surface area contributed by atoms with Crippen molar-refractivity contribution in [3.63, 3.8) is 0 Å². The number of hydrogen-bond acceptors (Lipinski definition) is 3. The van der Waals surface area contributed by atoms with E-state index in [4.69, 9.17) is 0 Å². The van der Waals surface area contributed by atoms with Crippen LogP contribution in [0, 0.1) is 5.92 Å². The molecule has 0 saturated carbocycles. The molecule has 1 aromatic rings. The highest BCUT2D eigenvalue weighted by Gasteiger charge is 2.16. The molecule has 0 bridgehead atoms. The fourth-order valence-electron chi connectivity index (χ4n) is 3.78. The van der Waals surface area contributed by atoms with E-state index in [0.717, 1.165) is 60.2 Å². The molecule has 1 heterocycles. The topological polar surface area (TPSA) is 32.7 Å². The van der Waals surface area contributed by atoms with Gasteiger partial charge in [-0.05, 0) is 68.1 Å². The molecular formula is C28H42N2O. The first-order valence-corrected chi connectivity index (χ1v) is 11.9. The summed E-state index contributed by atoms with van der Waals surface area (Å²) < 4.78 is 0. The summed E-state index contributed by atoms with van der Waals surface area (Å²) in [5.74, 6) is 0.388. The van der Waals surface area contributed by atoms with Crippen LogP contribution in [-0.2, 0) is 4.79 Å². The average molecular weight is 423 g/mol. The Morgan fingerprint density at radius 2 is 1.90 bits per heavy atom. The Morgan fingerprint density at radius 3 is 2.52 bits per heavy atom. The van der Waals surface area contributed by atoms with Crippen molar-refractivity contribution in [1.29, 1.82) is 0 Å². The molecule has 0 radical (unpaired) electrons. The van der Waals surface area contributed by atoms with Crippen LogP contribution in [0.3, 0.4) is 0 Å². The summed E-state index contributed by atoms with van der Waals surface area (Å²) in [6.45, 7) is 14.5. The molecule has 1 unspecified atom stereocenters. The first-order chi connectivity index (χ1) is 15.0. The zero-order valence-electron chi connectivity index (χ0n) is 20.4. The van der Waals surface area contributed by atoms with Gasteiger partial charge in [-0.1, -0.05) is 77.0 Å². The second kappa shape index (κ2) is 15.5. The van der Waals surface area contributed by atoms with Gasteiger partial charge >= 0.3 is 0 Å². The van der Waals surface area contributed by atoms with E-state index in [1.54, 1.807) is 6.08 Å². The summed E-state index contributed by atoms with van der Waals surface area (Å²) in [7, 11) is 2.13. The van der Waals surface area contributed by atoms with Crippen molar-refractivity contribution in [3.05, 3.63) is 59.8 Å². The van der Waals surface area contributed by atoms with Crippen molar-refractivity contribution in [1.82, 2.24) is 4.90 Å². The van der Waals surface area contributed by atoms with Crippen molar-refractivity contribution in [2.24, 2.45) is 10.9 Å². The van der Waals surface area contributed by atoms with Crippen molar-refractivity contribution in [2.45, 2.75) is 66.2 Å². The van der Waals surface area contributed by atoms with Crippen LogP contribution in [0.15, 0.2) is 53.7 Å². The molecule has 2 rings (SSSR count). The average Bonchev–Trinajstić information content (AvgIpc) is 2.79. The van der Waals surface area contributed by atoms with E-state index in [0.29, 0.717) is 5.92 Å². The maximum atomic E-state index is 11.4. The van der Waals surface area contributed by atoms with Crippen molar-refractivity contribution < 1.29 is 4.79 Å². The largest absolute Gasteiger partial charge is 0.302 e. The summed E-state index contributed by atoms with van der Waals surface area (Å²) >= 11 is 0. The molecule has 1 aliphatic rings. The number of allylic oxidation sites excluding steroid dienone is 4. The summed E-state index contributed by atoms with van der Waals surface area (Å²) in [6.07, 6.45) is 13.7. The van der Waals surface area contributed by atoms with E-state index >= 15 is 0 Å². The molecule has 0 aliphatic carbocycles. The standard InChI is InChI=1S/C26H36N2O.C2H6/c1-5-6-7-10-16-28(4)20-24(15-17-29)26-12-9-8-11-25(26)21(2)18-23-14-13-22(3)27-19-23;1-2/h8-9,11-13,15,17,19,23H,2,5-7,10,14,16,18,20H2,1,3-4H3;1-2H3/b24-15+;. The summed E-state index contributed by atoms with van der Waals surface area (Å²) in [4.78, 5) is 18.1. The maximum absolute atomic E-state index is 11.4. The van der Waals surface area contributed by atoms with E-state index in [2.05, 4.69) is 60.9 Å². The first kappa shape index (κ1) is 26.8. The van der Waals surface area contributed by atoms with Gasteiger partial charge in [-0.25, -0.2) is 0 Å². The monoisotopic (exact) mass is 422 g/mol. The zero-order valence-corrected chi connectivity index (χ0v) is 20.4. The minimum atomic E-state index is 0.388. The van der Waals surface area contributed by atoms with E-state index in [1.807, 2.05) is 26.8 Å². The first-order valence-electron chi connectivity index (χ1n) is 11.9. The van der Waals surface area contributed by atoms with E-state index in [-0.39, 0.29) is 0 Å². The molecular weight excluding hydrogens is 380 g/mol. The Balaban J connectivity index is 0.00000233. The lowest BCUT2D eigenvalue weighted by Gasteiger charge is -2.22. The zero-order chi connectivity index (χ0) is 23.1. The smallest absolute Gasteiger partial charge is 0.143 e. The van der Waals surface area contributed by atoms with Crippen LogP contribution in [-0.4, -0.2) is 37.5 Å². The van der Waals surface area contributed by atoms with Gasteiger partial charge in [0.1, 0.15) is 6.29 Å². The van der Waals surface area contributed by atoms with Crippen LogP contribution >= 0.6 is 0 Å². The Labute approximate surface area is 190 Å². The lowest BCUT2D eigenvalue weighted by molar-refractivity contribution is -0.104. The van der Waals surface area contributed by atoms with Crippen LogP contribution in [0.1, 0.15) is 77.3 Å². The molecule has 0 fully saturated rings. The van der Waals surface area contributed by atoms with Gasteiger partial charge < -0.3 is 4.90 Å². The van der Waals surface area contributed by atoms with Crippen LogP contribution in [0.2, 0.25) is 0 Å². The van der Waals surface area contributed by atoms with Gasteiger partial charge in [0, 0.05) is 24.4 Å². The Bertz CT molecular complexity index is 773. The number of aldehydes is 1. The third-order valence-electron chi connectivity index (χ3n) is 5.47. The molecule has 0 spiro atoms. The molecule has 0 N–H and O–H groups in total. The number of nitrogens with zero attached hydrogens (tertiary/aromatic N) is 2. The second-order valence-corrected chi connectivity index (χ2v) is 8.10. The van der Waals surface area contributed by atoms with E-state index in [9.17, 15) is 4.79 Å². The molecule has 3 nitrogen and oxygen atoms in total. The second-order valence-electron chi connectivity index (χ2n) is 8.10. The van der Waals surface area contributed by atoms with Crippen LogP contribution in [0.25, 0.3) is 11.1 Å². The van der Waals surface area contributed by atoms with Crippen molar-refractivity contribution in [3.8, 4) is 0 Å². The predicted octanol–water partition coefficient (Wildman–Crippen LogP) is 7.21. The third kappa shape index (κ3) is 9.61. The SMILES string of the molecule is C=C(CC1C=NC(C)=CC1)c1ccccc1/C(=C/C=O)CN(C)CCCCCC.CC. The van der Waals surface area contributed by atoms with Crippen LogP contribution < -0.4 is 0 Å². The third-order valence-corrected chi connectivity index (χ3v) is 5.47. The number of hydrogen-bond donors (Lipinski definition) is 0. The van der Waals surface area contributed by atoms with Crippen molar-refractivity contribution in [2.75, 3.05) is 20.1 Å². The fraction of sp³-hybridized carbons (Fsp3) is 0.500. The van der Waals surface area contributed by atoms with E-state index < -0.39 is 0 Å². The molecule has 1 aliphatic heterocycles. The molecule has 0 saturated heterocycles. The predicted molar refractivity (Wildman–Crippen MR) is 137 cm³/mol. The molecule has 1 atom stereocenters. The van der Waals surface area contributed by atoms with Crippen molar-refractivity contribution >= 4 is 23.6 Å². The minimum Gasteiger partial charge on any atom is -0.302 e. The number of carbonyl (C=O) groups excluding carboxylic acids is 1. The molecule has 0 amide bonds. The molecule has 1 aromatic carbocycles. The Morgan fingerprint density at radius 1 is 1.19 bits per heavy atom. The highest BCUT2D eigenvalue weighted by Crippen LogP contribution is 2.30. The highest BCUT2D eigenvalue weighted by atomic mass is 16.1. The molecule has 0 aromatic heterocycles. The van der Waals surface area contributed by atoms with Crippen LogP contribution in [0.4, 0.5) is 0 Å². The van der Waals surface area contributed by atoms with Gasteiger partial charge in [0.25, 0.3) is 0 Å². The fourth-order valence-corrected chi connectivity index (χ4v) is 3.78. The molecule has 170 valence electrons. The Kier molecular flexibility index (Phi) is 13.4. The highest BCUT2D eigenvalue weighted by molar-refractivity contribution is 5.87. The molecule has 31 heavy (non-hydrogen) atoms. The normalized spacial score (nSPS) is 15.9. The summed E-state index contributed by atoms with van der Waals surface area (Å²) in [5.41, 5.74) is 5.50. The van der Waals surface area contributed by atoms with Gasteiger partial charge in [0.05, 0.1) is 0 Å². The minimum absolute atomic E-state index is 0.388. The number of likely N-dealkylation sites (N-methyl/N-ethyl adjacent to an activating group) is 1. The van der Waals surface area contributed by atoms with Gasteiger partial charge in [-0.15, -0.1) is 0 Å². The van der Waals surface area contributed by atoms with Gasteiger partial charge in [0.15, 0.2) is 0 Å². The number of benzene rings is 1. The van der Waals surface area contributed by atoms with Gasteiger partial charge in [-0.2, -0.15) is 0 Å². The summed E-state index contributed by atoms with van der Waals surface area (Å²) in [5, 5.41) is 0. The van der Waals surface area contributed by atoms with Gasteiger partial charge in [-0.3, -0.25) is 9.79 Å². The quantitative estimate of drug-likeness (QED) is 0.203. The lowest BCUT2D eigenvalue weighted by Crippen LogP contribution is -2.22. The number of aliphatic imine (C=N–C) groups is 1. The lowest BCUT2D eigenvalue weighted by atomic mass is 9.88. The van der Waals surface area contributed by atoms with Crippen LogP contribution in [0.5, 0.6) is 0 Å². The maximum Gasteiger partial charge on any atom is 0.143 e. The Hall–Kier alpha value is -2.26. The number of carbonyl (C=O) groups is 1. The molecule has 3 heteroatoms.